The molecule has 0 bridgehead atoms. The van der Waals surface area contributed by atoms with Crippen LogP contribution in [0.25, 0.3) is 0 Å². The number of hydrogen-bond donors (Lipinski definition) is 0. The molecule has 2 aliphatic rings. The molecule has 1 aliphatic heterocycles. The summed E-state index contributed by atoms with van der Waals surface area (Å²) in [5.41, 5.74) is 1.59. The van der Waals surface area contributed by atoms with Crippen molar-refractivity contribution in [3.05, 3.63) is 51.3 Å². The number of nitro benzene ring substituents is 1. The lowest BCUT2D eigenvalue weighted by atomic mass is 10.0. The summed E-state index contributed by atoms with van der Waals surface area (Å²) in [5.74, 6) is -0.255. The minimum atomic E-state index is -4.10. The van der Waals surface area contributed by atoms with Gasteiger partial charge in [0.1, 0.15) is 11.6 Å². The fourth-order valence-electron chi connectivity index (χ4n) is 4.23. The molecule has 0 spiro atoms. The van der Waals surface area contributed by atoms with Crippen LogP contribution in [0.2, 0.25) is 0 Å². The maximum atomic E-state index is 13.8. The van der Waals surface area contributed by atoms with E-state index in [1.54, 1.807) is 0 Å². The number of imidazole rings is 1. The third-order valence-corrected chi connectivity index (χ3v) is 7.47. The van der Waals surface area contributed by atoms with Crippen LogP contribution in [0, 0.1) is 15.9 Å². The van der Waals surface area contributed by atoms with E-state index in [1.807, 2.05) is 11.6 Å². The van der Waals surface area contributed by atoms with Gasteiger partial charge in [-0.15, -0.1) is 0 Å². The smallest absolute Gasteiger partial charge is 0.273 e. The monoisotopic (exact) mass is 408 g/mol. The van der Waals surface area contributed by atoms with E-state index >= 15 is 0 Å². The summed E-state index contributed by atoms with van der Waals surface area (Å²) in [6.07, 6.45) is 5.24. The molecule has 2 aromatic rings. The van der Waals surface area contributed by atoms with E-state index in [0.717, 1.165) is 49.2 Å². The molecule has 0 N–H and O–H groups in total. The van der Waals surface area contributed by atoms with Crippen molar-refractivity contribution in [2.75, 3.05) is 6.54 Å². The van der Waals surface area contributed by atoms with Gasteiger partial charge in [0.2, 0.25) is 10.0 Å². The van der Waals surface area contributed by atoms with Crippen LogP contribution < -0.4 is 0 Å². The van der Waals surface area contributed by atoms with Crippen molar-refractivity contribution in [1.82, 2.24) is 13.9 Å². The fourth-order valence-corrected chi connectivity index (χ4v) is 5.93. The molecule has 10 heteroatoms. The van der Waals surface area contributed by atoms with Gasteiger partial charge in [-0.2, -0.15) is 4.31 Å². The Bertz CT molecular complexity index is 1050. The molecule has 28 heavy (non-hydrogen) atoms. The van der Waals surface area contributed by atoms with Gasteiger partial charge >= 0.3 is 0 Å². The molecule has 1 unspecified atom stereocenters. The van der Waals surface area contributed by atoms with E-state index in [1.165, 1.54) is 4.31 Å². The Kier molecular flexibility index (Phi) is 4.70. The van der Waals surface area contributed by atoms with Crippen molar-refractivity contribution in [2.45, 2.75) is 49.5 Å². The SMILES string of the molecule is Cn1c(C2CCCN2S(=O)(=O)c2cc(F)cc([N+](=O)[O-])c2)nc2c1CCCC2. The largest absolute Gasteiger partial charge is 0.333 e. The Morgan fingerprint density at radius 1 is 1.21 bits per heavy atom. The number of nitro groups is 1. The van der Waals surface area contributed by atoms with Crippen LogP contribution in [-0.2, 0) is 29.9 Å². The normalized spacial score (nSPS) is 20.3. The predicted molar refractivity (Wildman–Crippen MR) is 98.8 cm³/mol. The highest BCUT2D eigenvalue weighted by molar-refractivity contribution is 7.89. The van der Waals surface area contributed by atoms with Crippen LogP contribution in [0.1, 0.15) is 48.9 Å². The van der Waals surface area contributed by atoms with Crippen molar-refractivity contribution in [2.24, 2.45) is 7.05 Å². The van der Waals surface area contributed by atoms with Crippen LogP contribution >= 0.6 is 0 Å². The summed E-state index contributed by atoms with van der Waals surface area (Å²) < 4.78 is 43.5. The average Bonchev–Trinajstić information content (AvgIpc) is 3.26. The second-order valence-electron chi connectivity index (χ2n) is 7.31. The molecule has 1 saturated heterocycles. The summed E-state index contributed by atoms with van der Waals surface area (Å²) in [5, 5.41) is 11.0. The zero-order valence-electron chi connectivity index (χ0n) is 15.5. The Morgan fingerprint density at radius 3 is 2.68 bits per heavy atom. The van der Waals surface area contributed by atoms with Gasteiger partial charge in [0.15, 0.2) is 0 Å². The molecule has 1 aliphatic carbocycles. The van der Waals surface area contributed by atoms with E-state index in [2.05, 4.69) is 0 Å². The maximum Gasteiger partial charge on any atom is 0.273 e. The number of aromatic nitrogens is 2. The van der Waals surface area contributed by atoms with E-state index in [0.29, 0.717) is 24.7 Å². The summed E-state index contributed by atoms with van der Waals surface area (Å²) in [6, 6.07) is 2.01. The van der Waals surface area contributed by atoms with E-state index < -0.39 is 37.4 Å². The maximum absolute atomic E-state index is 13.8. The van der Waals surface area contributed by atoms with Gasteiger partial charge in [-0.1, -0.05) is 0 Å². The summed E-state index contributed by atoms with van der Waals surface area (Å²) in [4.78, 5) is 14.5. The van der Waals surface area contributed by atoms with Gasteiger partial charge < -0.3 is 4.57 Å². The third-order valence-electron chi connectivity index (χ3n) is 5.58. The fraction of sp³-hybridized carbons (Fsp3) is 0.500. The van der Waals surface area contributed by atoms with Crippen LogP contribution in [0.15, 0.2) is 23.1 Å². The number of aryl methyl sites for hydroxylation is 1. The van der Waals surface area contributed by atoms with Gasteiger partial charge in [0.25, 0.3) is 5.69 Å². The summed E-state index contributed by atoms with van der Waals surface area (Å²) >= 11 is 0. The number of non-ortho nitro benzene ring substituents is 1. The topological polar surface area (TPSA) is 98.3 Å². The highest BCUT2D eigenvalue weighted by atomic mass is 32.2. The van der Waals surface area contributed by atoms with Crippen molar-refractivity contribution in [3.8, 4) is 0 Å². The Morgan fingerprint density at radius 2 is 1.96 bits per heavy atom. The zero-order valence-corrected chi connectivity index (χ0v) is 16.3. The van der Waals surface area contributed by atoms with Crippen LogP contribution in [0.4, 0.5) is 10.1 Å². The molecule has 0 amide bonds. The molecule has 4 rings (SSSR count). The number of hydrogen-bond acceptors (Lipinski definition) is 5. The highest BCUT2D eigenvalue weighted by Crippen LogP contribution is 2.38. The molecule has 0 radical (unpaired) electrons. The standard InChI is InChI=1S/C18H21FN4O4S/c1-21-16-6-3-2-5-15(16)20-18(21)17-7-4-8-22(17)28(26,27)14-10-12(19)9-13(11-14)23(24)25/h9-11,17H,2-8H2,1H3. The molecule has 2 heterocycles. The minimum Gasteiger partial charge on any atom is -0.333 e. The van der Waals surface area contributed by atoms with Gasteiger partial charge in [-0.3, -0.25) is 10.1 Å². The molecule has 1 atom stereocenters. The molecule has 0 saturated carbocycles. The highest BCUT2D eigenvalue weighted by Gasteiger charge is 2.40. The van der Waals surface area contributed by atoms with Gasteiger partial charge in [0, 0.05) is 25.4 Å². The molecule has 1 aromatic carbocycles. The Labute approximate surface area is 162 Å². The summed E-state index contributed by atoms with van der Waals surface area (Å²) in [7, 11) is -2.19. The number of rotatable bonds is 4. The first-order valence-corrected chi connectivity index (χ1v) is 10.7. The first kappa shape index (κ1) is 19.0. The average molecular weight is 408 g/mol. The van der Waals surface area contributed by atoms with Gasteiger partial charge in [0.05, 0.1) is 27.6 Å². The summed E-state index contributed by atoms with van der Waals surface area (Å²) in [6.45, 7) is 0.273. The Hall–Kier alpha value is -2.33. The number of nitrogens with zero attached hydrogens (tertiary/aromatic N) is 4. The first-order valence-electron chi connectivity index (χ1n) is 9.30. The molecule has 150 valence electrons. The Balaban J connectivity index is 1.74. The van der Waals surface area contributed by atoms with E-state index in [-0.39, 0.29) is 6.54 Å². The van der Waals surface area contributed by atoms with Crippen LogP contribution in [0.3, 0.4) is 0 Å². The van der Waals surface area contributed by atoms with E-state index in [4.69, 9.17) is 4.98 Å². The van der Waals surface area contributed by atoms with Crippen molar-refractivity contribution >= 4 is 15.7 Å². The molecule has 1 aromatic heterocycles. The van der Waals surface area contributed by atoms with E-state index in [9.17, 15) is 22.9 Å². The second kappa shape index (κ2) is 6.93. The van der Waals surface area contributed by atoms with Crippen molar-refractivity contribution in [1.29, 1.82) is 0 Å². The number of halogens is 1. The number of fused-ring (bicyclic) bond motifs is 1. The predicted octanol–water partition coefficient (Wildman–Crippen LogP) is 2.87. The second-order valence-corrected chi connectivity index (χ2v) is 9.20. The van der Waals surface area contributed by atoms with Crippen molar-refractivity contribution in [3.63, 3.8) is 0 Å². The minimum absolute atomic E-state index is 0.273. The quantitative estimate of drug-likeness (QED) is 0.572. The molecular formula is C18H21FN4O4S. The number of sulfonamides is 1. The molecular weight excluding hydrogens is 387 g/mol. The van der Waals surface area contributed by atoms with Crippen molar-refractivity contribution < 1.29 is 17.7 Å². The lowest BCUT2D eigenvalue weighted by Crippen LogP contribution is -2.32. The number of benzene rings is 1. The lowest BCUT2D eigenvalue weighted by molar-refractivity contribution is -0.385. The van der Waals surface area contributed by atoms with Crippen LogP contribution in [-0.4, -0.2) is 33.7 Å². The lowest BCUT2D eigenvalue weighted by Gasteiger charge is -2.24. The molecule has 8 nitrogen and oxygen atoms in total. The third kappa shape index (κ3) is 3.10. The molecule has 1 fully saturated rings. The van der Waals surface area contributed by atoms with Gasteiger partial charge in [-0.05, 0) is 44.6 Å². The van der Waals surface area contributed by atoms with Gasteiger partial charge in [-0.25, -0.2) is 17.8 Å². The zero-order chi connectivity index (χ0) is 20.1. The first-order chi connectivity index (χ1) is 13.3. The van der Waals surface area contributed by atoms with Crippen LogP contribution in [0.5, 0.6) is 0 Å².